The molecule has 0 aromatic heterocycles. The Balaban J connectivity index is 2.27. The van der Waals surface area contributed by atoms with Gasteiger partial charge in [0.15, 0.2) is 0 Å². The van der Waals surface area contributed by atoms with Crippen LogP contribution in [-0.4, -0.2) is 24.7 Å². The lowest BCUT2D eigenvalue weighted by atomic mass is 9.92. The minimum absolute atomic E-state index is 0.179. The third kappa shape index (κ3) is 3.07. The highest BCUT2D eigenvalue weighted by Crippen LogP contribution is 2.27. The second-order valence-electron chi connectivity index (χ2n) is 6.18. The molecule has 0 spiro atoms. The highest BCUT2D eigenvalue weighted by Gasteiger charge is 2.33. The van der Waals surface area contributed by atoms with Gasteiger partial charge in [-0.05, 0) is 44.0 Å². The third-order valence-electron chi connectivity index (χ3n) is 3.68. The summed E-state index contributed by atoms with van der Waals surface area (Å²) in [6.07, 6.45) is 0. The van der Waals surface area contributed by atoms with Crippen LogP contribution in [-0.2, 0) is 0 Å². The van der Waals surface area contributed by atoms with Crippen LogP contribution in [0.25, 0.3) is 0 Å². The Kier molecular flexibility index (Phi) is 4.02. The van der Waals surface area contributed by atoms with E-state index in [1.54, 1.807) is 0 Å². The van der Waals surface area contributed by atoms with Gasteiger partial charge in [-0.1, -0.05) is 29.8 Å². The van der Waals surface area contributed by atoms with Crippen molar-refractivity contribution in [1.82, 2.24) is 5.32 Å². The van der Waals surface area contributed by atoms with Gasteiger partial charge >= 0.3 is 0 Å². The number of hydrogen-bond donors (Lipinski definition) is 1. The summed E-state index contributed by atoms with van der Waals surface area (Å²) in [6, 6.07) is 9.24. The SMILES string of the molecule is CC(C)C1CNC(C)(C)CN1c1ccc(Br)cc1. The van der Waals surface area contributed by atoms with Crippen LogP contribution in [0.2, 0.25) is 0 Å². The fourth-order valence-corrected chi connectivity index (χ4v) is 2.87. The minimum atomic E-state index is 0.179. The first-order chi connectivity index (χ1) is 8.39. The van der Waals surface area contributed by atoms with Crippen molar-refractivity contribution < 1.29 is 0 Å². The number of nitrogens with zero attached hydrogens (tertiary/aromatic N) is 1. The van der Waals surface area contributed by atoms with Crippen LogP contribution in [0.1, 0.15) is 27.7 Å². The zero-order valence-corrected chi connectivity index (χ0v) is 13.3. The van der Waals surface area contributed by atoms with E-state index in [0.717, 1.165) is 17.6 Å². The van der Waals surface area contributed by atoms with Crippen LogP contribution in [0.4, 0.5) is 5.69 Å². The molecule has 0 aliphatic carbocycles. The van der Waals surface area contributed by atoms with Crippen molar-refractivity contribution >= 4 is 21.6 Å². The first kappa shape index (κ1) is 13.9. The Hall–Kier alpha value is -0.540. The molecule has 18 heavy (non-hydrogen) atoms. The summed E-state index contributed by atoms with van der Waals surface area (Å²) in [5, 5.41) is 3.65. The van der Waals surface area contributed by atoms with Gasteiger partial charge in [-0.3, -0.25) is 0 Å². The summed E-state index contributed by atoms with van der Waals surface area (Å²) in [5.41, 5.74) is 1.50. The van der Waals surface area contributed by atoms with Crippen LogP contribution >= 0.6 is 15.9 Å². The molecule has 0 saturated carbocycles. The van der Waals surface area contributed by atoms with Crippen LogP contribution in [0, 0.1) is 5.92 Å². The predicted molar refractivity (Wildman–Crippen MR) is 82.2 cm³/mol. The molecule has 0 radical (unpaired) electrons. The van der Waals surface area contributed by atoms with E-state index in [9.17, 15) is 0 Å². The van der Waals surface area contributed by atoms with Gasteiger partial charge in [-0.25, -0.2) is 0 Å². The van der Waals surface area contributed by atoms with Gasteiger partial charge in [0.2, 0.25) is 0 Å². The molecule has 2 nitrogen and oxygen atoms in total. The Morgan fingerprint density at radius 2 is 1.89 bits per heavy atom. The molecule has 3 heteroatoms. The minimum Gasteiger partial charge on any atom is -0.365 e. The molecule has 1 atom stereocenters. The van der Waals surface area contributed by atoms with Crippen molar-refractivity contribution in [1.29, 1.82) is 0 Å². The number of anilines is 1. The molecule has 0 bridgehead atoms. The Morgan fingerprint density at radius 3 is 2.44 bits per heavy atom. The van der Waals surface area contributed by atoms with Crippen molar-refractivity contribution in [2.75, 3.05) is 18.0 Å². The lowest BCUT2D eigenvalue weighted by Gasteiger charge is -2.47. The summed E-state index contributed by atoms with van der Waals surface area (Å²) in [5.74, 6) is 0.650. The van der Waals surface area contributed by atoms with Crippen molar-refractivity contribution in [3.8, 4) is 0 Å². The fourth-order valence-electron chi connectivity index (χ4n) is 2.60. The van der Waals surface area contributed by atoms with E-state index in [-0.39, 0.29) is 5.54 Å². The molecule has 1 aromatic rings. The number of benzene rings is 1. The van der Waals surface area contributed by atoms with Crippen molar-refractivity contribution in [2.24, 2.45) is 5.92 Å². The van der Waals surface area contributed by atoms with E-state index in [0.29, 0.717) is 12.0 Å². The number of piperazine rings is 1. The van der Waals surface area contributed by atoms with Gasteiger partial charge < -0.3 is 10.2 Å². The molecule has 1 unspecified atom stereocenters. The molecular formula is C15H23BrN2. The molecule has 0 amide bonds. The molecule has 1 N–H and O–H groups in total. The quantitative estimate of drug-likeness (QED) is 0.896. The van der Waals surface area contributed by atoms with Crippen LogP contribution in [0.15, 0.2) is 28.7 Å². The molecule has 1 heterocycles. The summed E-state index contributed by atoms with van der Waals surface area (Å²) < 4.78 is 1.14. The monoisotopic (exact) mass is 310 g/mol. The van der Waals surface area contributed by atoms with Gasteiger partial charge in [0, 0.05) is 34.8 Å². The number of halogens is 1. The maximum absolute atomic E-state index is 3.65. The first-order valence-electron chi connectivity index (χ1n) is 6.66. The van der Waals surface area contributed by atoms with Crippen molar-refractivity contribution in [2.45, 2.75) is 39.3 Å². The summed E-state index contributed by atoms with van der Waals surface area (Å²) in [6.45, 7) is 11.3. The average molecular weight is 311 g/mol. The Labute approximate surface area is 119 Å². The second kappa shape index (κ2) is 5.22. The zero-order chi connectivity index (χ0) is 13.3. The van der Waals surface area contributed by atoms with Crippen molar-refractivity contribution in [3.05, 3.63) is 28.7 Å². The summed E-state index contributed by atoms with van der Waals surface area (Å²) >= 11 is 3.51. The Morgan fingerprint density at radius 1 is 1.28 bits per heavy atom. The lowest BCUT2D eigenvalue weighted by Crippen LogP contribution is -2.63. The van der Waals surface area contributed by atoms with Gasteiger partial charge in [-0.15, -0.1) is 0 Å². The Bertz CT molecular complexity index is 397. The molecule has 2 rings (SSSR count). The smallest absolute Gasteiger partial charge is 0.0438 e. The lowest BCUT2D eigenvalue weighted by molar-refractivity contribution is 0.277. The maximum Gasteiger partial charge on any atom is 0.0438 e. The topological polar surface area (TPSA) is 15.3 Å². The highest BCUT2D eigenvalue weighted by atomic mass is 79.9. The molecular weight excluding hydrogens is 288 g/mol. The average Bonchev–Trinajstić information content (AvgIpc) is 2.28. The van der Waals surface area contributed by atoms with Gasteiger partial charge in [0.1, 0.15) is 0 Å². The van der Waals surface area contributed by atoms with Crippen molar-refractivity contribution in [3.63, 3.8) is 0 Å². The molecule has 1 aromatic carbocycles. The summed E-state index contributed by atoms with van der Waals surface area (Å²) in [4.78, 5) is 2.55. The number of nitrogens with one attached hydrogen (secondary N) is 1. The van der Waals surface area contributed by atoms with Crippen LogP contribution in [0.5, 0.6) is 0 Å². The van der Waals surface area contributed by atoms with Gasteiger partial charge in [0.25, 0.3) is 0 Å². The second-order valence-corrected chi connectivity index (χ2v) is 7.10. The van der Waals surface area contributed by atoms with Crippen LogP contribution in [0.3, 0.4) is 0 Å². The molecule has 1 saturated heterocycles. The van der Waals surface area contributed by atoms with E-state index in [4.69, 9.17) is 0 Å². The van der Waals surface area contributed by atoms with E-state index < -0.39 is 0 Å². The van der Waals surface area contributed by atoms with Gasteiger partial charge in [-0.2, -0.15) is 0 Å². The third-order valence-corrected chi connectivity index (χ3v) is 4.21. The first-order valence-corrected chi connectivity index (χ1v) is 7.45. The van der Waals surface area contributed by atoms with E-state index in [1.807, 2.05) is 0 Å². The normalized spacial score (nSPS) is 23.4. The summed E-state index contributed by atoms with van der Waals surface area (Å²) in [7, 11) is 0. The number of hydrogen-bond acceptors (Lipinski definition) is 2. The zero-order valence-electron chi connectivity index (χ0n) is 11.7. The predicted octanol–water partition coefficient (Wildman–Crippen LogP) is 3.66. The molecule has 100 valence electrons. The fraction of sp³-hybridized carbons (Fsp3) is 0.600. The molecule has 1 aliphatic rings. The highest BCUT2D eigenvalue weighted by molar-refractivity contribution is 9.10. The molecule has 1 aliphatic heterocycles. The molecule has 1 fully saturated rings. The van der Waals surface area contributed by atoms with E-state index >= 15 is 0 Å². The van der Waals surface area contributed by atoms with Crippen LogP contribution < -0.4 is 10.2 Å². The largest absolute Gasteiger partial charge is 0.365 e. The van der Waals surface area contributed by atoms with Gasteiger partial charge in [0.05, 0.1) is 0 Å². The standard InChI is InChI=1S/C15H23BrN2/c1-11(2)14-9-17-15(3,4)10-18(14)13-7-5-12(16)6-8-13/h5-8,11,14,17H,9-10H2,1-4H3. The number of rotatable bonds is 2. The van der Waals surface area contributed by atoms with E-state index in [1.165, 1.54) is 5.69 Å². The van der Waals surface area contributed by atoms with E-state index in [2.05, 4.69) is 78.1 Å². The maximum atomic E-state index is 3.65.